The van der Waals surface area contributed by atoms with Crippen molar-refractivity contribution >= 4 is 30.7 Å². The molecule has 0 saturated carbocycles. The van der Waals surface area contributed by atoms with Crippen LogP contribution in [-0.4, -0.2) is 70.2 Å². The fourth-order valence-corrected chi connectivity index (χ4v) is 4.05. The van der Waals surface area contributed by atoms with Gasteiger partial charge in [0.1, 0.15) is 12.1 Å². The third-order valence-corrected chi connectivity index (χ3v) is 5.70. The van der Waals surface area contributed by atoms with Gasteiger partial charge in [0.2, 0.25) is 17.7 Å². The maximum absolute atomic E-state index is 13.3. The number of nitrogens with two attached hydrogens (primary N) is 1. The van der Waals surface area contributed by atoms with E-state index in [9.17, 15) is 24.4 Å². The Hall–Kier alpha value is -2.92. The van der Waals surface area contributed by atoms with Crippen LogP contribution in [0.3, 0.4) is 0 Å². The van der Waals surface area contributed by atoms with Crippen molar-refractivity contribution in [2.24, 2.45) is 5.73 Å². The van der Waals surface area contributed by atoms with Crippen LogP contribution in [-0.2, 0) is 20.8 Å². The van der Waals surface area contributed by atoms with E-state index in [4.69, 9.17) is 11.1 Å². The zero-order valence-electron chi connectivity index (χ0n) is 19.0. The molecule has 3 atom stereocenters. The van der Waals surface area contributed by atoms with Gasteiger partial charge >= 0.3 is 7.12 Å². The molecule has 1 fully saturated rings. The Morgan fingerprint density at radius 1 is 1.21 bits per heavy atom. The number of carbonyl (C=O) groups excluding carboxylic acids is 3. The van der Waals surface area contributed by atoms with E-state index in [1.165, 1.54) is 11.8 Å². The summed E-state index contributed by atoms with van der Waals surface area (Å²) in [6.07, 6.45) is 3.25. The van der Waals surface area contributed by atoms with Crippen molar-refractivity contribution in [2.45, 2.75) is 69.9 Å². The van der Waals surface area contributed by atoms with Crippen molar-refractivity contribution in [3.63, 3.8) is 0 Å². The molecule has 1 aromatic rings. The topological polar surface area (TPSA) is 169 Å². The number of rotatable bonds is 12. The van der Waals surface area contributed by atoms with Gasteiger partial charge in [-0.1, -0.05) is 36.8 Å². The molecule has 2 rings (SSSR count). The first-order valence-electron chi connectivity index (χ1n) is 11.3. The van der Waals surface area contributed by atoms with E-state index in [0.717, 1.165) is 5.56 Å². The second-order valence-electron chi connectivity index (χ2n) is 8.43. The van der Waals surface area contributed by atoms with Crippen LogP contribution < -0.4 is 16.4 Å². The zero-order valence-corrected chi connectivity index (χ0v) is 19.0. The summed E-state index contributed by atoms with van der Waals surface area (Å²) in [5.74, 6) is -1.96. The highest BCUT2D eigenvalue weighted by Crippen LogP contribution is 2.20. The number of nitrogens with zero attached hydrogens (tertiary/aromatic N) is 1. The quantitative estimate of drug-likeness (QED) is 0.109. The first-order chi connectivity index (χ1) is 15.7. The van der Waals surface area contributed by atoms with Crippen LogP contribution in [0.2, 0.25) is 0 Å². The average molecular weight is 459 g/mol. The highest BCUT2D eigenvalue weighted by Gasteiger charge is 2.39. The number of benzene rings is 1. The minimum absolute atomic E-state index is 0.0597. The third kappa shape index (κ3) is 8.51. The molecule has 1 aliphatic heterocycles. The monoisotopic (exact) mass is 459 g/mol. The number of hydrogen-bond acceptors (Lipinski definition) is 6. The molecule has 33 heavy (non-hydrogen) atoms. The van der Waals surface area contributed by atoms with Crippen molar-refractivity contribution in [3.05, 3.63) is 35.9 Å². The maximum Gasteiger partial charge on any atom is 0.475 e. The minimum Gasteiger partial charge on any atom is -0.426 e. The molecule has 1 saturated heterocycles. The molecule has 0 aliphatic carbocycles. The maximum atomic E-state index is 13.3. The van der Waals surface area contributed by atoms with Gasteiger partial charge in [0.15, 0.2) is 0 Å². The lowest BCUT2D eigenvalue weighted by molar-refractivity contribution is -0.141. The van der Waals surface area contributed by atoms with E-state index in [2.05, 4.69) is 10.6 Å². The molecule has 1 aliphatic rings. The Kier molecular flexibility index (Phi) is 10.3. The van der Waals surface area contributed by atoms with E-state index in [1.807, 2.05) is 30.3 Å². The second kappa shape index (κ2) is 13.0. The molecule has 3 amide bonds. The van der Waals surface area contributed by atoms with Gasteiger partial charge in [-0.25, -0.2) is 0 Å². The fourth-order valence-electron chi connectivity index (χ4n) is 4.05. The van der Waals surface area contributed by atoms with E-state index >= 15 is 0 Å². The number of likely N-dealkylation sites (tertiary alicyclic amines) is 1. The summed E-state index contributed by atoms with van der Waals surface area (Å²) >= 11 is 0. The molecule has 0 radical (unpaired) electrons. The Morgan fingerprint density at radius 2 is 1.91 bits per heavy atom. The van der Waals surface area contributed by atoms with Crippen LogP contribution in [0, 0.1) is 5.41 Å². The van der Waals surface area contributed by atoms with Crippen molar-refractivity contribution in [1.82, 2.24) is 15.5 Å². The molecule has 11 heteroatoms. The molecular formula is C22H34BN5O5. The number of amides is 3. The van der Waals surface area contributed by atoms with Gasteiger partial charge in [-0.3, -0.25) is 19.8 Å². The van der Waals surface area contributed by atoms with E-state index in [0.29, 0.717) is 51.5 Å². The Balaban J connectivity index is 2.04. The molecule has 3 unspecified atom stereocenters. The number of amidine groups is 1. The van der Waals surface area contributed by atoms with Crippen molar-refractivity contribution in [3.8, 4) is 0 Å². The Morgan fingerprint density at radius 3 is 2.52 bits per heavy atom. The summed E-state index contributed by atoms with van der Waals surface area (Å²) in [6, 6.07) is 7.77. The van der Waals surface area contributed by atoms with Crippen LogP contribution in [0.15, 0.2) is 30.3 Å². The van der Waals surface area contributed by atoms with Crippen LogP contribution in [0.4, 0.5) is 0 Å². The molecule has 0 aromatic heterocycles. The molecule has 0 spiro atoms. The molecular weight excluding hydrogens is 425 g/mol. The van der Waals surface area contributed by atoms with E-state index in [-0.39, 0.29) is 17.6 Å². The van der Waals surface area contributed by atoms with Gasteiger partial charge in [0.25, 0.3) is 0 Å². The molecule has 1 aromatic carbocycles. The standard InChI is InChI=1S/C22H34BN5O5/c1-15(29)26-17(14-16-8-3-2-4-9-16)22(31)28-13-7-10-18(28)21(30)27-19(23(32)33)11-5-6-12-20(24)25/h2-4,8-9,17-19,32-33H,5-7,10-14H2,1H3,(H3,24,25)(H,26,29)(H,27,30). The smallest absolute Gasteiger partial charge is 0.426 e. The van der Waals surface area contributed by atoms with Gasteiger partial charge < -0.3 is 31.3 Å². The lowest BCUT2D eigenvalue weighted by Gasteiger charge is -2.30. The normalized spacial score (nSPS) is 17.2. The summed E-state index contributed by atoms with van der Waals surface area (Å²) in [5.41, 5.74) is 6.22. The zero-order chi connectivity index (χ0) is 24.4. The number of carbonyl (C=O) groups is 3. The van der Waals surface area contributed by atoms with E-state index < -0.39 is 31.1 Å². The molecule has 10 nitrogen and oxygen atoms in total. The van der Waals surface area contributed by atoms with E-state index in [1.54, 1.807) is 0 Å². The van der Waals surface area contributed by atoms with Gasteiger partial charge in [-0.15, -0.1) is 0 Å². The van der Waals surface area contributed by atoms with Crippen LogP contribution in [0.1, 0.15) is 51.0 Å². The van der Waals surface area contributed by atoms with Crippen LogP contribution in [0.5, 0.6) is 0 Å². The molecule has 180 valence electrons. The van der Waals surface area contributed by atoms with Gasteiger partial charge in [-0.2, -0.15) is 0 Å². The number of unbranched alkanes of at least 4 members (excludes halogenated alkanes) is 1. The summed E-state index contributed by atoms with van der Waals surface area (Å²) in [4.78, 5) is 39.4. The second-order valence-corrected chi connectivity index (χ2v) is 8.43. The van der Waals surface area contributed by atoms with Crippen molar-refractivity contribution < 1.29 is 24.4 Å². The van der Waals surface area contributed by atoms with Gasteiger partial charge in [0.05, 0.1) is 11.8 Å². The predicted molar refractivity (Wildman–Crippen MR) is 125 cm³/mol. The number of nitrogens with one attached hydrogen (secondary N) is 3. The summed E-state index contributed by atoms with van der Waals surface area (Å²) in [7, 11) is -1.75. The SMILES string of the molecule is CC(=O)NC(Cc1ccccc1)C(=O)N1CCCC1C(=O)NC(CCCCC(=N)N)B(O)O. The van der Waals surface area contributed by atoms with Gasteiger partial charge in [-0.05, 0) is 31.2 Å². The lowest BCUT2D eigenvalue weighted by atomic mass is 9.76. The minimum atomic E-state index is -1.75. The Labute approximate surface area is 194 Å². The largest absolute Gasteiger partial charge is 0.475 e. The molecule has 7 N–H and O–H groups in total. The van der Waals surface area contributed by atoms with Gasteiger partial charge in [0, 0.05) is 26.3 Å². The predicted octanol–water partition coefficient (Wildman–Crippen LogP) is -0.282. The summed E-state index contributed by atoms with van der Waals surface area (Å²) < 4.78 is 0. The fraction of sp³-hybridized carbons (Fsp3) is 0.545. The highest BCUT2D eigenvalue weighted by molar-refractivity contribution is 6.43. The van der Waals surface area contributed by atoms with Crippen LogP contribution >= 0.6 is 0 Å². The first-order valence-corrected chi connectivity index (χ1v) is 11.3. The summed E-state index contributed by atoms with van der Waals surface area (Å²) in [6.45, 7) is 1.73. The van der Waals surface area contributed by atoms with Crippen molar-refractivity contribution in [2.75, 3.05) is 6.54 Å². The molecule has 0 bridgehead atoms. The van der Waals surface area contributed by atoms with Crippen LogP contribution in [0.25, 0.3) is 0 Å². The summed E-state index contributed by atoms with van der Waals surface area (Å²) in [5, 5.41) is 32.0. The Bertz CT molecular complexity index is 823. The lowest BCUT2D eigenvalue weighted by Crippen LogP contribution is -2.56. The highest BCUT2D eigenvalue weighted by atomic mass is 16.4. The molecule has 1 heterocycles. The number of hydrogen-bond donors (Lipinski definition) is 6. The van der Waals surface area contributed by atoms with Crippen molar-refractivity contribution in [1.29, 1.82) is 5.41 Å². The average Bonchev–Trinajstić information content (AvgIpc) is 3.25. The third-order valence-electron chi connectivity index (χ3n) is 5.70. The first kappa shape index (κ1) is 26.3.